The zero-order valence-electron chi connectivity index (χ0n) is 14.0. The third-order valence-corrected chi connectivity index (χ3v) is 5.36. The van der Waals surface area contributed by atoms with Gasteiger partial charge in [0, 0.05) is 22.0 Å². The fraction of sp³-hybridized carbons (Fsp3) is 0.158. The summed E-state index contributed by atoms with van der Waals surface area (Å²) in [6.07, 6.45) is 0. The maximum Gasteiger partial charge on any atom is 0.344 e. The Balaban J connectivity index is 2.53. The first kappa shape index (κ1) is 19.0. The van der Waals surface area contributed by atoms with Crippen molar-refractivity contribution < 1.29 is 9.53 Å². The second kappa shape index (κ2) is 7.43. The van der Waals surface area contributed by atoms with E-state index in [-0.39, 0.29) is 11.0 Å². The number of ether oxygens (including phenoxy) is 1. The van der Waals surface area contributed by atoms with E-state index in [4.69, 9.17) is 27.9 Å². The van der Waals surface area contributed by atoms with Gasteiger partial charge in [-0.2, -0.15) is 0 Å². The third kappa shape index (κ3) is 3.15. The van der Waals surface area contributed by atoms with Crippen molar-refractivity contribution in [3.05, 3.63) is 66.7 Å². The molecule has 0 saturated heterocycles. The van der Waals surface area contributed by atoms with E-state index in [9.17, 15) is 9.59 Å². The van der Waals surface area contributed by atoms with E-state index in [2.05, 4.69) is 15.9 Å². The van der Waals surface area contributed by atoms with Gasteiger partial charge in [0.05, 0.1) is 28.4 Å². The fourth-order valence-corrected chi connectivity index (χ4v) is 3.65. The molecule has 3 aromatic rings. The molecule has 0 fully saturated rings. The number of carbonyl (C=O) groups excluding carboxylic acids is 1. The lowest BCUT2D eigenvalue weighted by molar-refractivity contribution is 0.0599. The molecule has 0 aliphatic heterocycles. The van der Waals surface area contributed by atoms with Gasteiger partial charge in [-0.25, -0.2) is 4.79 Å². The van der Waals surface area contributed by atoms with Crippen LogP contribution < -0.4 is 5.43 Å². The SMILES string of the molecule is CCn1c(-c2ccc(Cl)c(Cl)c2)c(C(=O)OC)c(=O)c2cc(Br)ccc21. The molecule has 26 heavy (non-hydrogen) atoms. The molecule has 0 radical (unpaired) electrons. The molecular formula is C19H14BrCl2NO3. The Labute approximate surface area is 168 Å². The van der Waals surface area contributed by atoms with Crippen LogP contribution in [0.1, 0.15) is 17.3 Å². The molecule has 0 amide bonds. The molecule has 7 heteroatoms. The van der Waals surface area contributed by atoms with Crippen LogP contribution >= 0.6 is 39.1 Å². The van der Waals surface area contributed by atoms with Gasteiger partial charge in [0.15, 0.2) is 0 Å². The Morgan fingerprint density at radius 2 is 1.88 bits per heavy atom. The average molecular weight is 455 g/mol. The molecule has 0 aliphatic carbocycles. The largest absolute Gasteiger partial charge is 0.465 e. The predicted molar refractivity (Wildman–Crippen MR) is 108 cm³/mol. The highest BCUT2D eigenvalue weighted by Gasteiger charge is 2.24. The van der Waals surface area contributed by atoms with Crippen LogP contribution in [0.15, 0.2) is 45.7 Å². The van der Waals surface area contributed by atoms with Gasteiger partial charge in [-0.15, -0.1) is 0 Å². The van der Waals surface area contributed by atoms with Crippen molar-refractivity contribution in [1.82, 2.24) is 4.57 Å². The smallest absolute Gasteiger partial charge is 0.344 e. The Morgan fingerprint density at radius 3 is 2.50 bits per heavy atom. The van der Waals surface area contributed by atoms with Crippen LogP contribution in [0, 0.1) is 0 Å². The van der Waals surface area contributed by atoms with Gasteiger partial charge in [0.25, 0.3) is 0 Å². The molecule has 0 spiro atoms. The van der Waals surface area contributed by atoms with Gasteiger partial charge in [-0.3, -0.25) is 4.79 Å². The molecule has 134 valence electrons. The zero-order valence-corrected chi connectivity index (χ0v) is 17.1. The highest BCUT2D eigenvalue weighted by molar-refractivity contribution is 9.10. The third-order valence-electron chi connectivity index (χ3n) is 4.13. The fourth-order valence-electron chi connectivity index (χ4n) is 2.99. The van der Waals surface area contributed by atoms with Crippen LogP contribution in [-0.2, 0) is 11.3 Å². The van der Waals surface area contributed by atoms with Crippen LogP contribution in [0.2, 0.25) is 10.0 Å². The summed E-state index contributed by atoms with van der Waals surface area (Å²) in [5.41, 5.74) is 1.37. The summed E-state index contributed by atoms with van der Waals surface area (Å²) >= 11 is 15.6. The summed E-state index contributed by atoms with van der Waals surface area (Å²) in [5, 5.41) is 1.17. The minimum Gasteiger partial charge on any atom is -0.465 e. The molecule has 3 rings (SSSR count). The summed E-state index contributed by atoms with van der Waals surface area (Å²) < 4.78 is 7.54. The van der Waals surface area contributed by atoms with Gasteiger partial charge < -0.3 is 9.30 Å². The number of methoxy groups -OCH3 is 1. The molecule has 1 aromatic heterocycles. The molecule has 0 bridgehead atoms. The minimum absolute atomic E-state index is 0.0293. The second-order valence-corrected chi connectivity index (χ2v) is 7.31. The lowest BCUT2D eigenvalue weighted by atomic mass is 10.0. The van der Waals surface area contributed by atoms with Crippen molar-refractivity contribution in [3.63, 3.8) is 0 Å². The molecule has 0 aliphatic rings. The van der Waals surface area contributed by atoms with Crippen LogP contribution in [0.25, 0.3) is 22.2 Å². The molecule has 0 unspecified atom stereocenters. The molecule has 0 atom stereocenters. The molecule has 2 aromatic carbocycles. The summed E-state index contributed by atoms with van der Waals surface area (Å²) in [5.74, 6) is -0.694. The highest BCUT2D eigenvalue weighted by Crippen LogP contribution is 2.32. The van der Waals surface area contributed by atoms with Crippen molar-refractivity contribution in [2.24, 2.45) is 0 Å². The number of pyridine rings is 1. The zero-order chi connectivity index (χ0) is 19.0. The quantitative estimate of drug-likeness (QED) is 0.488. The second-order valence-electron chi connectivity index (χ2n) is 5.58. The Morgan fingerprint density at radius 1 is 1.15 bits per heavy atom. The van der Waals surface area contributed by atoms with E-state index in [0.717, 1.165) is 9.99 Å². The number of nitrogens with zero attached hydrogens (tertiary/aromatic N) is 1. The van der Waals surface area contributed by atoms with Gasteiger partial charge in [-0.05, 0) is 37.3 Å². The molecule has 4 nitrogen and oxygen atoms in total. The maximum absolute atomic E-state index is 13.1. The average Bonchev–Trinajstić information content (AvgIpc) is 2.63. The van der Waals surface area contributed by atoms with Crippen LogP contribution in [-0.4, -0.2) is 17.6 Å². The summed E-state index contributed by atoms with van der Waals surface area (Å²) in [4.78, 5) is 25.6. The van der Waals surface area contributed by atoms with Crippen LogP contribution in [0.5, 0.6) is 0 Å². The number of aromatic nitrogens is 1. The maximum atomic E-state index is 13.1. The molecular weight excluding hydrogens is 441 g/mol. The van der Waals surface area contributed by atoms with E-state index in [0.29, 0.717) is 33.2 Å². The summed E-state index contributed by atoms with van der Waals surface area (Å²) in [6, 6.07) is 10.4. The monoisotopic (exact) mass is 453 g/mol. The Kier molecular flexibility index (Phi) is 5.42. The normalized spacial score (nSPS) is 11.0. The molecule has 0 N–H and O–H groups in total. The van der Waals surface area contributed by atoms with Crippen LogP contribution in [0.3, 0.4) is 0 Å². The van der Waals surface area contributed by atoms with E-state index >= 15 is 0 Å². The number of halogens is 3. The first-order valence-corrected chi connectivity index (χ1v) is 9.33. The number of hydrogen-bond donors (Lipinski definition) is 0. The lowest BCUT2D eigenvalue weighted by Crippen LogP contribution is -2.23. The van der Waals surface area contributed by atoms with E-state index in [1.807, 2.05) is 23.6 Å². The van der Waals surface area contributed by atoms with Crippen molar-refractivity contribution in [2.75, 3.05) is 7.11 Å². The van der Waals surface area contributed by atoms with Crippen molar-refractivity contribution in [2.45, 2.75) is 13.5 Å². The van der Waals surface area contributed by atoms with E-state index < -0.39 is 5.97 Å². The van der Waals surface area contributed by atoms with E-state index in [1.165, 1.54) is 7.11 Å². The Hall–Kier alpha value is -1.82. The summed E-state index contributed by atoms with van der Waals surface area (Å²) in [7, 11) is 1.25. The Bertz CT molecular complexity index is 1090. The van der Waals surface area contributed by atoms with Crippen molar-refractivity contribution in [1.29, 1.82) is 0 Å². The van der Waals surface area contributed by atoms with Crippen molar-refractivity contribution >= 4 is 56.0 Å². The van der Waals surface area contributed by atoms with Crippen LogP contribution in [0.4, 0.5) is 0 Å². The lowest BCUT2D eigenvalue weighted by Gasteiger charge is -2.19. The number of carbonyl (C=O) groups is 1. The number of hydrogen-bond acceptors (Lipinski definition) is 3. The number of benzene rings is 2. The van der Waals surface area contributed by atoms with Crippen molar-refractivity contribution in [3.8, 4) is 11.3 Å². The first-order chi connectivity index (χ1) is 12.4. The predicted octanol–water partition coefficient (Wildman–Crippen LogP) is 5.54. The highest BCUT2D eigenvalue weighted by atomic mass is 79.9. The molecule has 0 saturated carbocycles. The van der Waals surface area contributed by atoms with Gasteiger partial charge >= 0.3 is 5.97 Å². The van der Waals surface area contributed by atoms with Gasteiger partial charge in [0.1, 0.15) is 5.56 Å². The first-order valence-electron chi connectivity index (χ1n) is 7.78. The minimum atomic E-state index is -0.694. The van der Waals surface area contributed by atoms with E-state index in [1.54, 1.807) is 24.3 Å². The number of rotatable bonds is 3. The number of aryl methyl sites for hydroxylation is 1. The number of esters is 1. The molecule has 1 heterocycles. The topological polar surface area (TPSA) is 48.3 Å². The standard InChI is InChI=1S/C19H14BrCl2NO3/c1-3-23-15-7-5-11(20)9-12(15)18(24)16(19(25)26-2)17(23)10-4-6-13(21)14(22)8-10/h4-9H,3H2,1-2H3. The van der Waals surface area contributed by atoms with Gasteiger partial charge in [-0.1, -0.05) is 45.2 Å². The van der Waals surface area contributed by atoms with Gasteiger partial charge in [0.2, 0.25) is 5.43 Å². The number of fused-ring (bicyclic) bond motifs is 1. The summed E-state index contributed by atoms with van der Waals surface area (Å²) in [6.45, 7) is 2.48.